The van der Waals surface area contributed by atoms with Gasteiger partial charge in [-0.2, -0.15) is 13.2 Å². The third-order valence-corrected chi connectivity index (χ3v) is 2.19. The van der Waals surface area contributed by atoms with Crippen molar-refractivity contribution in [3.05, 3.63) is 0 Å². The summed E-state index contributed by atoms with van der Waals surface area (Å²) in [5, 5.41) is 3.27. The first kappa shape index (κ1) is 16.7. The Labute approximate surface area is 101 Å². The van der Waals surface area contributed by atoms with E-state index in [0.29, 0.717) is 6.42 Å². The Balaban J connectivity index is 3.24. The lowest BCUT2D eigenvalue weighted by Crippen LogP contribution is -2.30. The Bertz CT molecular complexity index is 177. The van der Waals surface area contributed by atoms with Crippen molar-refractivity contribution in [1.29, 1.82) is 0 Å². The second-order valence-corrected chi connectivity index (χ2v) is 4.07. The van der Waals surface area contributed by atoms with Crippen LogP contribution in [0.2, 0.25) is 0 Å². The van der Waals surface area contributed by atoms with Crippen molar-refractivity contribution in [2.24, 2.45) is 0 Å². The van der Waals surface area contributed by atoms with Crippen molar-refractivity contribution in [2.45, 2.75) is 25.9 Å². The van der Waals surface area contributed by atoms with Crippen LogP contribution in [-0.2, 0) is 4.74 Å². The first-order valence-electron chi connectivity index (χ1n) is 5.99. The highest BCUT2D eigenvalue weighted by Gasteiger charge is 2.27. The third kappa shape index (κ3) is 13.6. The molecule has 17 heavy (non-hydrogen) atoms. The van der Waals surface area contributed by atoms with E-state index in [1.807, 2.05) is 7.05 Å². The molecule has 0 radical (unpaired) electrons. The first-order valence-corrected chi connectivity index (χ1v) is 5.99. The van der Waals surface area contributed by atoms with Crippen molar-refractivity contribution < 1.29 is 17.9 Å². The molecule has 0 saturated heterocycles. The third-order valence-electron chi connectivity index (χ3n) is 2.19. The minimum absolute atomic E-state index is 0.159. The van der Waals surface area contributed by atoms with Gasteiger partial charge in [0.25, 0.3) is 0 Å². The number of hydrogen-bond acceptors (Lipinski definition) is 3. The molecule has 1 N–H and O–H groups in total. The lowest BCUT2D eigenvalue weighted by atomic mass is 10.4. The normalized spacial score (nSPS) is 12.4. The number of rotatable bonds is 10. The van der Waals surface area contributed by atoms with Crippen molar-refractivity contribution in [3.8, 4) is 0 Å². The van der Waals surface area contributed by atoms with Gasteiger partial charge in [-0.15, -0.1) is 0 Å². The molecule has 3 nitrogen and oxygen atoms in total. The Morgan fingerprint density at radius 1 is 1.18 bits per heavy atom. The van der Waals surface area contributed by atoms with Gasteiger partial charge in [0.1, 0.15) is 6.61 Å². The van der Waals surface area contributed by atoms with E-state index in [0.717, 1.165) is 32.6 Å². The van der Waals surface area contributed by atoms with Crippen molar-refractivity contribution >= 4 is 0 Å². The standard InChI is InChI=1S/C11H23F3N2O/c1-3-5-15-6-8-16(2)7-4-9-17-10-11(12,13)14/h15H,3-10H2,1-2H3. The summed E-state index contributed by atoms with van der Waals surface area (Å²) in [6.07, 6.45) is -2.48. The van der Waals surface area contributed by atoms with Gasteiger partial charge >= 0.3 is 6.18 Å². The maximum Gasteiger partial charge on any atom is 0.411 e. The molecular formula is C11H23F3N2O. The quantitative estimate of drug-likeness (QED) is 0.604. The molecule has 0 heterocycles. The number of alkyl halides is 3. The second kappa shape index (κ2) is 9.67. The lowest BCUT2D eigenvalue weighted by molar-refractivity contribution is -0.174. The predicted octanol–water partition coefficient (Wildman–Crippen LogP) is 1.89. The largest absolute Gasteiger partial charge is 0.411 e. The molecule has 0 aliphatic heterocycles. The number of nitrogens with one attached hydrogen (secondary N) is 1. The van der Waals surface area contributed by atoms with Gasteiger partial charge in [0.2, 0.25) is 0 Å². The van der Waals surface area contributed by atoms with E-state index < -0.39 is 12.8 Å². The van der Waals surface area contributed by atoms with E-state index in [9.17, 15) is 13.2 Å². The van der Waals surface area contributed by atoms with Crippen molar-refractivity contribution in [2.75, 3.05) is 46.4 Å². The van der Waals surface area contributed by atoms with E-state index in [-0.39, 0.29) is 6.61 Å². The zero-order valence-corrected chi connectivity index (χ0v) is 10.6. The molecule has 0 rings (SSSR count). The van der Waals surface area contributed by atoms with Crippen LogP contribution in [0.3, 0.4) is 0 Å². The van der Waals surface area contributed by atoms with Gasteiger partial charge in [-0.3, -0.25) is 0 Å². The Morgan fingerprint density at radius 3 is 2.47 bits per heavy atom. The molecule has 0 atom stereocenters. The van der Waals surface area contributed by atoms with Gasteiger partial charge in [0.15, 0.2) is 0 Å². The Hall–Kier alpha value is -0.330. The van der Waals surface area contributed by atoms with Gasteiger partial charge in [0.05, 0.1) is 0 Å². The molecule has 0 aromatic rings. The summed E-state index contributed by atoms with van der Waals surface area (Å²) in [4.78, 5) is 2.08. The average molecular weight is 256 g/mol. The first-order chi connectivity index (χ1) is 7.95. The van der Waals surface area contributed by atoms with Crippen LogP contribution in [0.5, 0.6) is 0 Å². The van der Waals surface area contributed by atoms with Crippen LogP contribution < -0.4 is 5.32 Å². The van der Waals surface area contributed by atoms with Crippen LogP contribution in [0.25, 0.3) is 0 Å². The number of halogens is 3. The van der Waals surface area contributed by atoms with Gasteiger partial charge < -0.3 is 15.0 Å². The molecule has 6 heteroatoms. The van der Waals surface area contributed by atoms with Gasteiger partial charge in [-0.05, 0) is 26.4 Å². The van der Waals surface area contributed by atoms with Crippen LogP contribution >= 0.6 is 0 Å². The van der Waals surface area contributed by atoms with Crippen LogP contribution in [0, 0.1) is 0 Å². The summed E-state index contributed by atoms with van der Waals surface area (Å²) in [6.45, 7) is 4.69. The maximum absolute atomic E-state index is 11.7. The molecule has 0 aromatic carbocycles. The molecule has 0 aliphatic carbocycles. The highest BCUT2D eigenvalue weighted by Crippen LogP contribution is 2.14. The summed E-state index contributed by atoms with van der Waals surface area (Å²) in [5.74, 6) is 0. The number of likely N-dealkylation sites (N-methyl/N-ethyl adjacent to an activating group) is 1. The van der Waals surface area contributed by atoms with E-state index in [1.54, 1.807) is 0 Å². The molecule has 0 amide bonds. The Morgan fingerprint density at radius 2 is 1.88 bits per heavy atom. The van der Waals surface area contributed by atoms with E-state index >= 15 is 0 Å². The van der Waals surface area contributed by atoms with Crippen molar-refractivity contribution in [1.82, 2.24) is 10.2 Å². The molecular weight excluding hydrogens is 233 g/mol. The van der Waals surface area contributed by atoms with Crippen LogP contribution in [0.1, 0.15) is 19.8 Å². The fraction of sp³-hybridized carbons (Fsp3) is 1.00. The van der Waals surface area contributed by atoms with E-state index in [1.165, 1.54) is 0 Å². The average Bonchev–Trinajstić information content (AvgIpc) is 2.22. The summed E-state index contributed by atoms with van der Waals surface area (Å²) < 4.78 is 39.7. The molecule has 0 unspecified atom stereocenters. The number of nitrogens with zero attached hydrogens (tertiary/aromatic N) is 1. The van der Waals surface area contributed by atoms with Gasteiger partial charge in [0, 0.05) is 26.2 Å². The zero-order valence-electron chi connectivity index (χ0n) is 10.6. The summed E-state index contributed by atoms with van der Waals surface area (Å²) in [6, 6.07) is 0. The topological polar surface area (TPSA) is 24.5 Å². The van der Waals surface area contributed by atoms with Crippen LogP contribution in [-0.4, -0.2) is 57.5 Å². The van der Waals surface area contributed by atoms with Crippen molar-refractivity contribution in [3.63, 3.8) is 0 Å². The highest BCUT2D eigenvalue weighted by atomic mass is 19.4. The van der Waals surface area contributed by atoms with Crippen LogP contribution in [0.4, 0.5) is 13.2 Å². The smallest absolute Gasteiger partial charge is 0.372 e. The fourth-order valence-electron chi connectivity index (χ4n) is 1.31. The zero-order chi connectivity index (χ0) is 13.1. The monoisotopic (exact) mass is 256 g/mol. The molecule has 0 aliphatic rings. The summed E-state index contributed by atoms with van der Waals surface area (Å²) in [5.41, 5.74) is 0. The van der Waals surface area contributed by atoms with Crippen LogP contribution in [0.15, 0.2) is 0 Å². The molecule has 0 saturated carbocycles. The Kier molecular flexibility index (Phi) is 9.49. The predicted molar refractivity (Wildman–Crippen MR) is 62.1 cm³/mol. The van der Waals surface area contributed by atoms with E-state index in [2.05, 4.69) is 21.9 Å². The molecule has 0 spiro atoms. The minimum atomic E-state index is -4.21. The maximum atomic E-state index is 11.7. The number of hydrogen-bond donors (Lipinski definition) is 1. The molecule has 0 aromatic heterocycles. The minimum Gasteiger partial charge on any atom is -0.372 e. The second-order valence-electron chi connectivity index (χ2n) is 4.07. The van der Waals surface area contributed by atoms with Gasteiger partial charge in [-0.25, -0.2) is 0 Å². The summed E-state index contributed by atoms with van der Waals surface area (Å²) >= 11 is 0. The molecule has 0 bridgehead atoms. The number of ether oxygens (including phenoxy) is 1. The SMILES string of the molecule is CCCNCCN(C)CCCOCC(F)(F)F. The van der Waals surface area contributed by atoms with E-state index in [4.69, 9.17) is 0 Å². The molecule has 0 fully saturated rings. The highest BCUT2D eigenvalue weighted by molar-refractivity contribution is 4.55. The van der Waals surface area contributed by atoms with Gasteiger partial charge in [-0.1, -0.05) is 6.92 Å². The molecule has 104 valence electrons. The lowest BCUT2D eigenvalue weighted by Gasteiger charge is -2.16. The fourth-order valence-corrected chi connectivity index (χ4v) is 1.31. The summed E-state index contributed by atoms with van der Waals surface area (Å²) in [7, 11) is 1.96.